The molecule has 0 bridgehead atoms. The molecule has 1 saturated heterocycles. The van der Waals surface area contributed by atoms with Crippen molar-refractivity contribution in [2.75, 3.05) is 18.0 Å². The fourth-order valence-electron chi connectivity index (χ4n) is 2.76. The van der Waals surface area contributed by atoms with Crippen LogP contribution in [0.15, 0.2) is 35.1 Å². The van der Waals surface area contributed by atoms with Crippen LogP contribution >= 0.6 is 0 Å². The number of fused-ring (bicyclic) bond motifs is 1. The molecule has 0 radical (unpaired) electrons. The SMILES string of the molecule is O=C(O)C1CCCN(c2cc3ccccc3c(=O)[nH]2)C1. The molecule has 2 aromatic rings. The Morgan fingerprint density at radius 2 is 2.15 bits per heavy atom. The third kappa shape index (κ3) is 2.27. The highest BCUT2D eigenvalue weighted by Crippen LogP contribution is 2.23. The molecule has 1 unspecified atom stereocenters. The van der Waals surface area contributed by atoms with Crippen molar-refractivity contribution < 1.29 is 9.90 Å². The number of piperidine rings is 1. The van der Waals surface area contributed by atoms with Gasteiger partial charge in [-0.25, -0.2) is 0 Å². The van der Waals surface area contributed by atoms with Crippen molar-refractivity contribution in [2.45, 2.75) is 12.8 Å². The van der Waals surface area contributed by atoms with Crippen molar-refractivity contribution in [3.8, 4) is 0 Å². The second-order valence-corrected chi connectivity index (χ2v) is 5.19. The van der Waals surface area contributed by atoms with E-state index in [1.807, 2.05) is 29.2 Å². The van der Waals surface area contributed by atoms with Gasteiger partial charge in [-0.1, -0.05) is 18.2 Å². The summed E-state index contributed by atoms with van der Waals surface area (Å²) in [6, 6.07) is 9.32. The molecule has 0 spiro atoms. The number of nitrogens with one attached hydrogen (secondary N) is 1. The van der Waals surface area contributed by atoms with Gasteiger partial charge in [-0.3, -0.25) is 9.59 Å². The number of carboxylic acids is 1. The van der Waals surface area contributed by atoms with E-state index in [0.717, 1.165) is 18.4 Å². The largest absolute Gasteiger partial charge is 0.481 e. The predicted molar refractivity (Wildman–Crippen MR) is 77.1 cm³/mol. The molecule has 2 heterocycles. The number of H-pyrrole nitrogens is 1. The Hall–Kier alpha value is -2.30. The summed E-state index contributed by atoms with van der Waals surface area (Å²) in [5, 5.41) is 10.7. The lowest BCUT2D eigenvalue weighted by Gasteiger charge is -2.32. The summed E-state index contributed by atoms with van der Waals surface area (Å²) >= 11 is 0. The minimum atomic E-state index is -0.766. The standard InChI is InChI=1S/C15H16N2O3/c18-14-12-6-2-1-4-10(12)8-13(16-14)17-7-3-5-11(9-17)15(19)20/h1-2,4,6,8,11H,3,5,7,9H2,(H,16,18)(H,19,20). The fourth-order valence-corrected chi connectivity index (χ4v) is 2.76. The summed E-state index contributed by atoms with van der Waals surface area (Å²) in [4.78, 5) is 28.0. The van der Waals surface area contributed by atoms with E-state index in [-0.39, 0.29) is 11.5 Å². The summed E-state index contributed by atoms with van der Waals surface area (Å²) in [6.45, 7) is 1.22. The maximum Gasteiger partial charge on any atom is 0.308 e. The molecule has 1 aliphatic rings. The van der Waals surface area contributed by atoms with E-state index in [1.54, 1.807) is 6.07 Å². The van der Waals surface area contributed by atoms with Crippen LogP contribution < -0.4 is 10.5 Å². The van der Waals surface area contributed by atoms with Gasteiger partial charge in [0.1, 0.15) is 5.82 Å². The van der Waals surface area contributed by atoms with Gasteiger partial charge in [0.25, 0.3) is 5.56 Å². The van der Waals surface area contributed by atoms with E-state index in [1.165, 1.54) is 0 Å². The normalized spacial score (nSPS) is 19.2. The zero-order valence-electron chi connectivity index (χ0n) is 11.0. The van der Waals surface area contributed by atoms with Gasteiger partial charge in [-0.2, -0.15) is 0 Å². The Balaban J connectivity index is 1.98. The summed E-state index contributed by atoms with van der Waals surface area (Å²) in [6.07, 6.45) is 1.52. The molecule has 1 aromatic heterocycles. The van der Waals surface area contributed by atoms with E-state index in [4.69, 9.17) is 5.11 Å². The number of aromatic nitrogens is 1. The van der Waals surface area contributed by atoms with Crippen molar-refractivity contribution in [2.24, 2.45) is 5.92 Å². The molecular weight excluding hydrogens is 256 g/mol. The summed E-state index contributed by atoms with van der Waals surface area (Å²) < 4.78 is 0. The highest BCUT2D eigenvalue weighted by atomic mass is 16.4. The molecule has 5 nitrogen and oxygen atoms in total. The first-order valence-electron chi connectivity index (χ1n) is 6.75. The lowest BCUT2D eigenvalue weighted by atomic mass is 9.98. The highest BCUT2D eigenvalue weighted by Gasteiger charge is 2.26. The van der Waals surface area contributed by atoms with Crippen molar-refractivity contribution >= 4 is 22.6 Å². The lowest BCUT2D eigenvalue weighted by Crippen LogP contribution is -2.39. The monoisotopic (exact) mass is 272 g/mol. The molecule has 104 valence electrons. The van der Waals surface area contributed by atoms with E-state index < -0.39 is 5.97 Å². The number of carbonyl (C=O) groups is 1. The Labute approximate surface area is 115 Å². The maximum absolute atomic E-state index is 12.1. The first-order chi connectivity index (χ1) is 9.65. The maximum atomic E-state index is 12.1. The third-order valence-corrected chi connectivity index (χ3v) is 3.85. The number of aliphatic carboxylic acids is 1. The Bertz CT molecular complexity index is 708. The molecule has 1 aliphatic heterocycles. The van der Waals surface area contributed by atoms with Crippen LogP contribution in [0, 0.1) is 5.92 Å². The highest BCUT2D eigenvalue weighted by molar-refractivity contribution is 5.84. The van der Waals surface area contributed by atoms with Crippen LogP contribution in [-0.4, -0.2) is 29.1 Å². The van der Waals surface area contributed by atoms with Crippen molar-refractivity contribution in [3.05, 3.63) is 40.7 Å². The van der Waals surface area contributed by atoms with E-state index in [9.17, 15) is 9.59 Å². The van der Waals surface area contributed by atoms with Crippen LogP contribution in [-0.2, 0) is 4.79 Å². The smallest absolute Gasteiger partial charge is 0.308 e. The average molecular weight is 272 g/mol. The van der Waals surface area contributed by atoms with Gasteiger partial charge in [-0.05, 0) is 30.4 Å². The molecule has 1 fully saturated rings. The number of aromatic amines is 1. The molecule has 0 saturated carbocycles. The van der Waals surface area contributed by atoms with E-state index in [0.29, 0.717) is 24.2 Å². The lowest BCUT2D eigenvalue weighted by molar-refractivity contribution is -0.141. The van der Waals surface area contributed by atoms with Gasteiger partial charge in [-0.15, -0.1) is 0 Å². The van der Waals surface area contributed by atoms with Gasteiger partial charge in [0.15, 0.2) is 0 Å². The number of carboxylic acid groups (broad SMARTS) is 1. The topological polar surface area (TPSA) is 73.4 Å². The van der Waals surface area contributed by atoms with Gasteiger partial charge in [0.05, 0.1) is 5.92 Å². The molecule has 2 N–H and O–H groups in total. The first-order valence-corrected chi connectivity index (χ1v) is 6.75. The van der Waals surface area contributed by atoms with Gasteiger partial charge in [0, 0.05) is 18.5 Å². The van der Waals surface area contributed by atoms with E-state index >= 15 is 0 Å². The average Bonchev–Trinajstić information content (AvgIpc) is 2.47. The van der Waals surface area contributed by atoms with Crippen molar-refractivity contribution in [3.63, 3.8) is 0 Å². The summed E-state index contributed by atoms with van der Waals surface area (Å²) in [5.41, 5.74) is -0.129. The number of pyridine rings is 1. The summed E-state index contributed by atoms with van der Waals surface area (Å²) in [5.74, 6) is -0.420. The number of rotatable bonds is 2. The van der Waals surface area contributed by atoms with E-state index in [2.05, 4.69) is 4.98 Å². The number of nitrogens with zero attached hydrogens (tertiary/aromatic N) is 1. The van der Waals surface area contributed by atoms with Crippen LogP contribution in [0.5, 0.6) is 0 Å². The minimum Gasteiger partial charge on any atom is -0.481 e. The van der Waals surface area contributed by atoms with Crippen molar-refractivity contribution in [1.82, 2.24) is 4.98 Å². The van der Waals surface area contributed by atoms with Crippen LogP contribution in [0.1, 0.15) is 12.8 Å². The van der Waals surface area contributed by atoms with Gasteiger partial charge < -0.3 is 15.0 Å². The zero-order chi connectivity index (χ0) is 14.1. The molecule has 0 amide bonds. The number of hydrogen-bond acceptors (Lipinski definition) is 3. The van der Waals surface area contributed by atoms with Crippen molar-refractivity contribution in [1.29, 1.82) is 0 Å². The molecule has 0 aliphatic carbocycles. The Kier molecular flexibility index (Phi) is 3.18. The fraction of sp³-hybridized carbons (Fsp3) is 0.333. The molecule has 20 heavy (non-hydrogen) atoms. The van der Waals surface area contributed by atoms with Crippen LogP contribution in [0.4, 0.5) is 5.82 Å². The molecule has 3 rings (SSSR count). The number of hydrogen-bond donors (Lipinski definition) is 2. The quantitative estimate of drug-likeness (QED) is 0.874. The second kappa shape index (κ2) is 5.00. The van der Waals surface area contributed by atoms with Crippen LogP contribution in [0.3, 0.4) is 0 Å². The molecule has 1 atom stereocenters. The summed E-state index contributed by atoms with van der Waals surface area (Å²) in [7, 11) is 0. The Morgan fingerprint density at radius 3 is 2.95 bits per heavy atom. The third-order valence-electron chi connectivity index (χ3n) is 3.85. The Morgan fingerprint density at radius 1 is 1.35 bits per heavy atom. The molecule has 1 aromatic carbocycles. The molecular formula is C15H16N2O3. The van der Waals surface area contributed by atoms with Gasteiger partial charge in [0.2, 0.25) is 0 Å². The minimum absolute atomic E-state index is 0.129. The number of benzene rings is 1. The number of anilines is 1. The van der Waals surface area contributed by atoms with Gasteiger partial charge >= 0.3 is 5.97 Å². The first kappa shape index (κ1) is 12.7. The second-order valence-electron chi connectivity index (χ2n) is 5.19. The van der Waals surface area contributed by atoms with Crippen LogP contribution in [0.2, 0.25) is 0 Å². The predicted octanol–water partition coefficient (Wildman–Crippen LogP) is 1.83. The van der Waals surface area contributed by atoms with Crippen LogP contribution in [0.25, 0.3) is 10.8 Å². The molecule has 5 heteroatoms. The zero-order valence-corrected chi connectivity index (χ0v) is 11.0.